The van der Waals surface area contributed by atoms with Gasteiger partial charge in [-0.1, -0.05) is 0 Å². The van der Waals surface area contributed by atoms with Crippen LogP contribution in [0.15, 0.2) is 16.9 Å². The van der Waals surface area contributed by atoms with Crippen molar-refractivity contribution >= 4 is 5.84 Å². The Morgan fingerprint density at radius 2 is 2.06 bits per heavy atom. The molecule has 0 aromatic heterocycles. The minimum atomic E-state index is -0.459. The van der Waals surface area contributed by atoms with Gasteiger partial charge >= 0.3 is 5.70 Å². The monoisotopic (exact) mass is 238 g/mol. The van der Waals surface area contributed by atoms with Crippen molar-refractivity contribution < 1.29 is 4.92 Å². The van der Waals surface area contributed by atoms with Crippen LogP contribution in [0.5, 0.6) is 0 Å². The Kier molecular flexibility index (Phi) is 3.31. The number of aliphatic imine (C=N–C) groups is 1. The number of likely N-dealkylation sites (tertiary alicyclic amines) is 1. The Balaban J connectivity index is 2.17. The minimum Gasteiger partial charge on any atom is -0.399 e. The van der Waals surface area contributed by atoms with E-state index >= 15 is 0 Å². The van der Waals surface area contributed by atoms with E-state index in [0.29, 0.717) is 17.7 Å². The number of nitrogens with two attached hydrogens (primary N) is 1. The highest BCUT2D eigenvalue weighted by atomic mass is 16.6. The van der Waals surface area contributed by atoms with Crippen molar-refractivity contribution in [1.82, 2.24) is 4.90 Å². The zero-order valence-electron chi connectivity index (χ0n) is 10.0. The number of amidine groups is 1. The van der Waals surface area contributed by atoms with Crippen LogP contribution in [0, 0.1) is 22.0 Å². The summed E-state index contributed by atoms with van der Waals surface area (Å²) in [4.78, 5) is 16.5. The lowest BCUT2D eigenvalue weighted by Crippen LogP contribution is -2.42. The molecule has 6 nitrogen and oxygen atoms in total. The maximum atomic E-state index is 10.9. The van der Waals surface area contributed by atoms with Crippen molar-refractivity contribution in [3.05, 3.63) is 22.0 Å². The van der Waals surface area contributed by atoms with Gasteiger partial charge in [0.05, 0.1) is 11.1 Å². The quantitative estimate of drug-likeness (QED) is 0.334. The summed E-state index contributed by atoms with van der Waals surface area (Å²) < 4.78 is 0. The number of nitro groups is 1. The fraction of sp³-hybridized carbons (Fsp3) is 0.727. The van der Waals surface area contributed by atoms with E-state index in [1.807, 2.05) is 4.90 Å². The summed E-state index contributed by atoms with van der Waals surface area (Å²) in [6.45, 7) is 1.74. The highest BCUT2D eigenvalue weighted by Crippen LogP contribution is 2.36. The molecule has 1 aliphatic heterocycles. The second kappa shape index (κ2) is 4.73. The standard InChI is InChI=1S/C11H18N4O2/c1-13-11(10(5-12)15(16)17)14-6-8-2-3-9(4-8)7-14/h5,8-9H,2-4,6-7,12H2,1H3/b10-5+,13-11?. The van der Waals surface area contributed by atoms with Gasteiger partial charge in [-0.2, -0.15) is 0 Å². The fourth-order valence-electron chi connectivity index (χ4n) is 3.02. The Bertz CT molecular complexity index is 366. The van der Waals surface area contributed by atoms with Gasteiger partial charge in [-0.3, -0.25) is 15.1 Å². The van der Waals surface area contributed by atoms with E-state index in [4.69, 9.17) is 5.73 Å². The van der Waals surface area contributed by atoms with Crippen LogP contribution in [0.3, 0.4) is 0 Å². The first-order chi connectivity index (χ1) is 8.15. The molecule has 2 bridgehead atoms. The third-order valence-corrected chi connectivity index (χ3v) is 3.70. The summed E-state index contributed by atoms with van der Waals surface area (Å²) in [5.41, 5.74) is 5.24. The molecule has 2 N–H and O–H groups in total. The molecular formula is C11H18N4O2. The lowest BCUT2D eigenvalue weighted by Gasteiger charge is -2.32. The van der Waals surface area contributed by atoms with E-state index in [1.165, 1.54) is 19.3 Å². The predicted octanol–water partition coefficient (Wildman–Crippen LogP) is 0.823. The van der Waals surface area contributed by atoms with Gasteiger partial charge in [0.2, 0.25) is 5.84 Å². The molecule has 2 aliphatic rings. The van der Waals surface area contributed by atoms with Crippen LogP contribution in [0.4, 0.5) is 0 Å². The van der Waals surface area contributed by atoms with Crippen LogP contribution < -0.4 is 5.73 Å². The van der Waals surface area contributed by atoms with E-state index in [-0.39, 0.29) is 5.70 Å². The van der Waals surface area contributed by atoms with Crippen LogP contribution in [0.25, 0.3) is 0 Å². The maximum absolute atomic E-state index is 10.9. The normalized spacial score (nSPS) is 29.6. The number of hydrogen-bond acceptors (Lipinski definition) is 4. The molecular weight excluding hydrogens is 220 g/mol. The Hall–Kier alpha value is -1.59. The summed E-state index contributed by atoms with van der Waals surface area (Å²) in [7, 11) is 1.58. The highest BCUT2D eigenvalue weighted by molar-refractivity contribution is 5.96. The molecule has 17 heavy (non-hydrogen) atoms. The predicted molar refractivity (Wildman–Crippen MR) is 65.0 cm³/mol. The zero-order chi connectivity index (χ0) is 12.4. The molecule has 0 amide bonds. The maximum Gasteiger partial charge on any atom is 0.326 e. The van der Waals surface area contributed by atoms with Crippen LogP contribution >= 0.6 is 0 Å². The largest absolute Gasteiger partial charge is 0.399 e. The number of hydrogen-bond donors (Lipinski definition) is 1. The van der Waals surface area contributed by atoms with Crippen molar-refractivity contribution in [1.29, 1.82) is 0 Å². The van der Waals surface area contributed by atoms with Crippen LogP contribution in [-0.4, -0.2) is 35.8 Å². The molecule has 2 rings (SSSR count). The summed E-state index contributed by atoms with van der Waals surface area (Å²) >= 11 is 0. The first kappa shape index (κ1) is 11.9. The van der Waals surface area contributed by atoms with Crippen LogP contribution in [0.2, 0.25) is 0 Å². The lowest BCUT2D eigenvalue weighted by molar-refractivity contribution is -0.416. The van der Waals surface area contributed by atoms with Crippen LogP contribution in [0.1, 0.15) is 19.3 Å². The third kappa shape index (κ3) is 2.25. The first-order valence-corrected chi connectivity index (χ1v) is 5.94. The molecule has 2 atom stereocenters. The molecule has 1 heterocycles. The van der Waals surface area contributed by atoms with Gasteiger partial charge in [-0.05, 0) is 31.1 Å². The molecule has 1 aliphatic carbocycles. The van der Waals surface area contributed by atoms with Crippen molar-refractivity contribution in [2.24, 2.45) is 22.6 Å². The second-order valence-corrected chi connectivity index (χ2v) is 4.81. The average Bonchev–Trinajstić information content (AvgIpc) is 2.64. The molecule has 0 spiro atoms. The summed E-state index contributed by atoms with van der Waals surface area (Å²) in [6.07, 6.45) is 4.77. The first-order valence-electron chi connectivity index (χ1n) is 5.94. The third-order valence-electron chi connectivity index (χ3n) is 3.70. The molecule has 94 valence electrons. The molecule has 1 saturated heterocycles. The second-order valence-electron chi connectivity index (χ2n) is 4.81. The van der Waals surface area contributed by atoms with Crippen LogP contribution in [-0.2, 0) is 0 Å². The molecule has 0 aromatic carbocycles. The van der Waals surface area contributed by atoms with Gasteiger partial charge in [0.25, 0.3) is 0 Å². The number of nitrogens with zero attached hydrogens (tertiary/aromatic N) is 3. The van der Waals surface area contributed by atoms with Crippen molar-refractivity contribution in [2.75, 3.05) is 20.1 Å². The summed E-state index contributed by atoms with van der Waals surface area (Å²) in [6, 6.07) is 0. The van der Waals surface area contributed by atoms with Gasteiger partial charge in [-0.15, -0.1) is 0 Å². The smallest absolute Gasteiger partial charge is 0.326 e. The summed E-state index contributed by atoms with van der Waals surface area (Å²) in [5.74, 6) is 1.75. The van der Waals surface area contributed by atoms with Gasteiger partial charge in [0, 0.05) is 20.1 Å². The number of fused-ring (bicyclic) bond motifs is 2. The Morgan fingerprint density at radius 3 is 2.47 bits per heavy atom. The molecule has 2 fully saturated rings. The van der Waals surface area contributed by atoms with E-state index in [9.17, 15) is 10.1 Å². The van der Waals surface area contributed by atoms with E-state index in [1.54, 1.807) is 7.05 Å². The van der Waals surface area contributed by atoms with E-state index in [2.05, 4.69) is 4.99 Å². The topological polar surface area (TPSA) is 84.8 Å². The molecule has 2 unspecified atom stereocenters. The van der Waals surface area contributed by atoms with E-state index in [0.717, 1.165) is 19.3 Å². The number of rotatable bonds is 2. The lowest BCUT2D eigenvalue weighted by atomic mass is 9.98. The Labute approximate surface area is 100 Å². The molecule has 1 saturated carbocycles. The Morgan fingerprint density at radius 1 is 1.47 bits per heavy atom. The fourth-order valence-corrected chi connectivity index (χ4v) is 3.02. The van der Waals surface area contributed by atoms with Crippen molar-refractivity contribution in [3.63, 3.8) is 0 Å². The van der Waals surface area contributed by atoms with Gasteiger partial charge in [0.15, 0.2) is 0 Å². The zero-order valence-corrected chi connectivity index (χ0v) is 10.0. The average molecular weight is 238 g/mol. The van der Waals surface area contributed by atoms with Crippen molar-refractivity contribution in [2.45, 2.75) is 19.3 Å². The van der Waals surface area contributed by atoms with Crippen molar-refractivity contribution in [3.8, 4) is 0 Å². The van der Waals surface area contributed by atoms with Gasteiger partial charge < -0.3 is 10.6 Å². The van der Waals surface area contributed by atoms with E-state index < -0.39 is 4.92 Å². The molecule has 0 aromatic rings. The highest BCUT2D eigenvalue weighted by Gasteiger charge is 2.36. The molecule has 0 radical (unpaired) electrons. The van der Waals surface area contributed by atoms with Gasteiger partial charge in [0.1, 0.15) is 0 Å². The SMILES string of the molecule is CN=C(/C(=C\N)[N+](=O)[O-])N1CC2CCC(C2)C1. The number of piperidine rings is 1. The molecule has 6 heteroatoms. The van der Waals surface area contributed by atoms with Gasteiger partial charge in [-0.25, -0.2) is 0 Å². The summed E-state index contributed by atoms with van der Waals surface area (Å²) in [5, 5.41) is 10.9. The minimum absolute atomic E-state index is 0.0891.